The first kappa shape index (κ1) is 18.8. The molecule has 1 aliphatic heterocycles. The van der Waals surface area contributed by atoms with Crippen molar-refractivity contribution in [2.24, 2.45) is 0 Å². The fraction of sp³-hybridized carbons (Fsp3) is 0.650. The maximum Gasteiger partial charge on any atom is 0.253 e. The SMILES string of the molecule is CCCCN(CC)c1ccc(C(=O)N2CCCC(OCC)C2)cc1. The lowest BCUT2D eigenvalue weighted by molar-refractivity contribution is 0.00724. The van der Waals surface area contributed by atoms with E-state index in [4.69, 9.17) is 4.74 Å². The molecule has 0 aromatic heterocycles. The first-order valence-corrected chi connectivity index (χ1v) is 9.45. The first-order valence-electron chi connectivity index (χ1n) is 9.45. The number of benzene rings is 1. The van der Waals surface area contributed by atoms with Gasteiger partial charge in [-0.2, -0.15) is 0 Å². The topological polar surface area (TPSA) is 32.8 Å². The summed E-state index contributed by atoms with van der Waals surface area (Å²) < 4.78 is 5.70. The van der Waals surface area contributed by atoms with Gasteiger partial charge in [0.15, 0.2) is 0 Å². The van der Waals surface area contributed by atoms with Crippen LogP contribution in [0.4, 0.5) is 5.69 Å². The number of carbonyl (C=O) groups is 1. The number of rotatable bonds is 8. The number of unbranched alkanes of at least 4 members (excludes halogenated alkanes) is 1. The minimum Gasteiger partial charge on any atom is -0.377 e. The minimum absolute atomic E-state index is 0.127. The number of nitrogens with zero attached hydrogens (tertiary/aromatic N) is 2. The highest BCUT2D eigenvalue weighted by molar-refractivity contribution is 5.94. The molecule has 0 radical (unpaired) electrons. The molecule has 1 unspecified atom stereocenters. The van der Waals surface area contributed by atoms with Gasteiger partial charge in [0.05, 0.1) is 6.10 Å². The van der Waals surface area contributed by atoms with E-state index in [9.17, 15) is 4.79 Å². The zero-order valence-corrected chi connectivity index (χ0v) is 15.5. The van der Waals surface area contributed by atoms with Gasteiger partial charge in [-0.15, -0.1) is 0 Å². The third kappa shape index (κ3) is 4.97. The summed E-state index contributed by atoms with van der Waals surface area (Å²) >= 11 is 0. The third-order valence-electron chi connectivity index (χ3n) is 4.71. The Morgan fingerprint density at radius 1 is 1.25 bits per heavy atom. The molecule has 24 heavy (non-hydrogen) atoms. The number of amides is 1. The average Bonchev–Trinajstić information content (AvgIpc) is 2.63. The number of anilines is 1. The van der Waals surface area contributed by atoms with Crippen LogP contribution in [0.1, 0.15) is 56.8 Å². The molecule has 4 nitrogen and oxygen atoms in total. The summed E-state index contributed by atoms with van der Waals surface area (Å²) in [5.41, 5.74) is 1.98. The Labute approximate surface area is 146 Å². The molecule has 1 atom stereocenters. The maximum absolute atomic E-state index is 12.7. The van der Waals surface area contributed by atoms with Gasteiger partial charge >= 0.3 is 0 Å². The molecule has 4 heteroatoms. The van der Waals surface area contributed by atoms with E-state index >= 15 is 0 Å². The van der Waals surface area contributed by atoms with Crippen molar-refractivity contribution in [1.82, 2.24) is 4.90 Å². The molecule has 0 bridgehead atoms. The molecule has 0 aliphatic carbocycles. The van der Waals surface area contributed by atoms with Crippen molar-refractivity contribution in [3.05, 3.63) is 29.8 Å². The van der Waals surface area contributed by atoms with E-state index < -0.39 is 0 Å². The number of piperidine rings is 1. The molecule has 0 saturated carbocycles. The summed E-state index contributed by atoms with van der Waals surface area (Å²) in [4.78, 5) is 17.0. The molecule has 1 saturated heterocycles. The molecule has 1 heterocycles. The van der Waals surface area contributed by atoms with Crippen LogP contribution in [-0.4, -0.2) is 49.7 Å². The van der Waals surface area contributed by atoms with Crippen molar-refractivity contribution < 1.29 is 9.53 Å². The van der Waals surface area contributed by atoms with Crippen LogP contribution in [0, 0.1) is 0 Å². The van der Waals surface area contributed by atoms with E-state index in [1.807, 2.05) is 24.0 Å². The zero-order valence-electron chi connectivity index (χ0n) is 15.5. The van der Waals surface area contributed by atoms with Crippen LogP contribution >= 0.6 is 0 Å². The highest BCUT2D eigenvalue weighted by Crippen LogP contribution is 2.19. The van der Waals surface area contributed by atoms with Gasteiger partial charge in [-0.1, -0.05) is 13.3 Å². The number of likely N-dealkylation sites (tertiary alicyclic amines) is 1. The fourth-order valence-electron chi connectivity index (χ4n) is 3.31. The highest BCUT2D eigenvalue weighted by Gasteiger charge is 2.24. The maximum atomic E-state index is 12.7. The van der Waals surface area contributed by atoms with E-state index in [1.165, 1.54) is 18.5 Å². The van der Waals surface area contributed by atoms with Gasteiger partial charge in [0, 0.05) is 44.0 Å². The Balaban J connectivity index is 2.00. The molecule has 1 aromatic rings. The Morgan fingerprint density at radius 2 is 2.00 bits per heavy atom. The number of hydrogen-bond donors (Lipinski definition) is 0. The fourth-order valence-corrected chi connectivity index (χ4v) is 3.31. The van der Waals surface area contributed by atoms with E-state index in [2.05, 4.69) is 30.9 Å². The Morgan fingerprint density at radius 3 is 2.62 bits per heavy atom. The molecule has 0 spiro atoms. The Kier molecular flexibility index (Phi) is 7.57. The highest BCUT2D eigenvalue weighted by atomic mass is 16.5. The van der Waals surface area contributed by atoms with Gasteiger partial charge in [0.2, 0.25) is 0 Å². The Hall–Kier alpha value is -1.55. The summed E-state index contributed by atoms with van der Waals surface area (Å²) in [7, 11) is 0. The van der Waals surface area contributed by atoms with E-state index in [0.717, 1.165) is 38.0 Å². The van der Waals surface area contributed by atoms with Crippen LogP contribution in [0.15, 0.2) is 24.3 Å². The largest absolute Gasteiger partial charge is 0.377 e. The summed E-state index contributed by atoms with van der Waals surface area (Å²) in [6.07, 6.45) is 4.66. The minimum atomic E-state index is 0.127. The Bertz CT molecular complexity index is 499. The lowest BCUT2D eigenvalue weighted by Gasteiger charge is -2.32. The standard InChI is InChI=1S/C20H32N2O2/c1-4-7-14-21(5-2)18-12-10-17(11-13-18)20(23)22-15-8-9-19(16-22)24-6-3/h10-13,19H,4-9,14-16H2,1-3H3. The van der Waals surface area contributed by atoms with Crippen LogP contribution in [-0.2, 0) is 4.74 Å². The van der Waals surface area contributed by atoms with Crippen molar-refractivity contribution in [1.29, 1.82) is 0 Å². The molecule has 1 fully saturated rings. The molecule has 134 valence electrons. The summed E-state index contributed by atoms with van der Waals surface area (Å²) in [5.74, 6) is 0.127. The predicted molar refractivity (Wildman–Crippen MR) is 99.8 cm³/mol. The average molecular weight is 332 g/mol. The van der Waals surface area contributed by atoms with Gasteiger partial charge < -0.3 is 14.5 Å². The van der Waals surface area contributed by atoms with Gasteiger partial charge in [-0.3, -0.25) is 4.79 Å². The second-order valence-corrected chi connectivity index (χ2v) is 6.45. The molecular weight excluding hydrogens is 300 g/mol. The lowest BCUT2D eigenvalue weighted by atomic mass is 10.1. The lowest BCUT2D eigenvalue weighted by Crippen LogP contribution is -2.43. The van der Waals surface area contributed by atoms with Crippen molar-refractivity contribution in [3.63, 3.8) is 0 Å². The van der Waals surface area contributed by atoms with Crippen LogP contribution in [0.2, 0.25) is 0 Å². The van der Waals surface area contributed by atoms with E-state index in [-0.39, 0.29) is 12.0 Å². The number of hydrogen-bond acceptors (Lipinski definition) is 3. The van der Waals surface area contributed by atoms with Crippen molar-refractivity contribution >= 4 is 11.6 Å². The van der Waals surface area contributed by atoms with Crippen LogP contribution in [0.25, 0.3) is 0 Å². The second-order valence-electron chi connectivity index (χ2n) is 6.45. The number of carbonyl (C=O) groups excluding carboxylic acids is 1. The quantitative estimate of drug-likeness (QED) is 0.722. The summed E-state index contributed by atoms with van der Waals surface area (Å²) in [5, 5.41) is 0. The predicted octanol–water partition coefficient (Wildman–Crippen LogP) is 3.95. The molecule has 1 aliphatic rings. The van der Waals surface area contributed by atoms with Crippen LogP contribution in [0.3, 0.4) is 0 Å². The molecular formula is C20H32N2O2. The first-order chi connectivity index (χ1) is 11.7. The van der Waals surface area contributed by atoms with E-state index in [1.54, 1.807) is 0 Å². The van der Waals surface area contributed by atoms with Gasteiger partial charge in [0.25, 0.3) is 5.91 Å². The van der Waals surface area contributed by atoms with Crippen LogP contribution in [0.5, 0.6) is 0 Å². The zero-order chi connectivity index (χ0) is 17.4. The molecule has 1 aromatic carbocycles. The van der Waals surface area contributed by atoms with Gasteiger partial charge in [-0.05, 0) is 57.4 Å². The smallest absolute Gasteiger partial charge is 0.253 e. The monoisotopic (exact) mass is 332 g/mol. The van der Waals surface area contributed by atoms with Crippen molar-refractivity contribution in [3.8, 4) is 0 Å². The number of ether oxygens (including phenoxy) is 1. The second kappa shape index (κ2) is 9.67. The van der Waals surface area contributed by atoms with Crippen molar-refractivity contribution in [2.45, 2.75) is 52.6 Å². The molecule has 2 rings (SSSR count). The third-order valence-corrected chi connectivity index (χ3v) is 4.71. The van der Waals surface area contributed by atoms with Gasteiger partial charge in [0.1, 0.15) is 0 Å². The van der Waals surface area contributed by atoms with Gasteiger partial charge in [-0.25, -0.2) is 0 Å². The normalized spacial score (nSPS) is 17.8. The van der Waals surface area contributed by atoms with Crippen LogP contribution < -0.4 is 4.90 Å². The summed E-state index contributed by atoms with van der Waals surface area (Å²) in [6.45, 7) is 10.7. The molecule has 0 N–H and O–H groups in total. The van der Waals surface area contributed by atoms with E-state index in [0.29, 0.717) is 13.2 Å². The van der Waals surface area contributed by atoms with Crippen molar-refractivity contribution in [2.75, 3.05) is 37.7 Å². The summed E-state index contributed by atoms with van der Waals surface area (Å²) in [6, 6.07) is 8.10. The molecule has 1 amide bonds.